The molecule has 1 unspecified atom stereocenters. The molecule has 4 nitrogen and oxygen atoms in total. The molecule has 2 fully saturated rings. The maximum Gasteiger partial charge on any atom is 0.406 e. The molecule has 21 heavy (non-hydrogen) atoms. The van der Waals surface area contributed by atoms with Gasteiger partial charge in [-0.05, 0) is 32.1 Å². The molecular weight excluding hydrogens is 283 g/mol. The first-order valence-electron chi connectivity index (χ1n) is 7.47. The highest BCUT2D eigenvalue weighted by Crippen LogP contribution is 2.47. The quantitative estimate of drug-likeness (QED) is 0.858. The Balaban J connectivity index is 1.93. The van der Waals surface area contributed by atoms with Crippen molar-refractivity contribution in [1.82, 2.24) is 9.80 Å². The van der Waals surface area contributed by atoms with Crippen LogP contribution in [0.1, 0.15) is 33.1 Å². The fourth-order valence-electron chi connectivity index (χ4n) is 3.41. The maximum absolute atomic E-state index is 12.6. The molecular formula is C14H24F3N3O. The Kier molecular flexibility index (Phi) is 4.54. The summed E-state index contributed by atoms with van der Waals surface area (Å²) in [6, 6.07) is -0.428. The molecule has 1 amide bonds. The van der Waals surface area contributed by atoms with Crippen LogP contribution in [-0.2, 0) is 4.79 Å². The van der Waals surface area contributed by atoms with Gasteiger partial charge < -0.3 is 10.6 Å². The number of alkyl halides is 3. The number of amides is 1. The zero-order valence-electron chi connectivity index (χ0n) is 12.6. The smallest absolute Gasteiger partial charge is 0.330 e. The average Bonchev–Trinajstić information content (AvgIpc) is 2.61. The molecule has 1 spiro atoms. The van der Waals surface area contributed by atoms with E-state index < -0.39 is 24.7 Å². The van der Waals surface area contributed by atoms with Crippen molar-refractivity contribution in [3.8, 4) is 0 Å². The highest BCUT2D eigenvalue weighted by molar-refractivity contribution is 5.78. The number of carbonyl (C=O) groups is 1. The van der Waals surface area contributed by atoms with Gasteiger partial charge in [0.1, 0.15) is 6.54 Å². The van der Waals surface area contributed by atoms with Gasteiger partial charge in [0.05, 0.1) is 6.54 Å². The molecule has 0 aromatic carbocycles. The second-order valence-corrected chi connectivity index (χ2v) is 6.72. The third kappa shape index (κ3) is 3.69. The van der Waals surface area contributed by atoms with Crippen molar-refractivity contribution in [2.24, 2.45) is 11.1 Å². The highest BCUT2D eigenvalue weighted by Gasteiger charge is 2.49. The molecule has 2 rings (SSSR count). The van der Waals surface area contributed by atoms with Crippen LogP contribution in [-0.4, -0.2) is 60.1 Å². The number of hydrogen-bond donors (Lipinski definition) is 1. The number of halogens is 3. The van der Waals surface area contributed by atoms with Crippen LogP contribution >= 0.6 is 0 Å². The van der Waals surface area contributed by atoms with Gasteiger partial charge in [-0.25, -0.2) is 0 Å². The minimum absolute atomic E-state index is 0.0315. The molecule has 2 N–H and O–H groups in total. The summed E-state index contributed by atoms with van der Waals surface area (Å²) in [6.07, 6.45) is -1.08. The van der Waals surface area contributed by atoms with Gasteiger partial charge >= 0.3 is 6.18 Å². The number of likely N-dealkylation sites (tertiary alicyclic amines) is 1. The minimum atomic E-state index is -4.36. The van der Waals surface area contributed by atoms with Crippen molar-refractivity contribution in [3.63, 3.8) is 0 Å². The Bertz CT molecular complexity index is 393. The molecule has 1 saturated heterocycles. The summed E-state index contributed by atoms with van der Waals surface area (Å²) >= 11 is 0. The summed E-state index contributed by atoms with van der Waals surface area (Å²) < 4.78 is 37.7. The Hall–Kier alpha value is -0.820. The average molecular weight is 307 g/mol. The van der Waals surface area contributed by atoms with Crippen molar-refractivity contribution in [2.75, 3.05) is 26.2 Å². The first-order valence-corrected chi connectivity index (χ1v) is 7.47. The molecule has 1 heterocycles. The van der Waals surface area contributed by atoms with E-state index in [9.17, 15) is 18.0 Å². The van der Waals surface area contributed by atoms with E-state index >= 15 is 0 Å². The summed E-state index contributed by atoms with van der Waals surface area (Å²) in [4.78, 5) is 15.0. The van der Waals surface area contributed by atoms with Gasteiger partial charge in [-0.1, -0.05) is 6.42 Å². The third-order valence-corrected chi connectivity index (χ3v) is 4.78. The summed E-state index contributed by atoms with van der Waals surface area (Å²) in [6.45, 7) is 3.39. The van der Waals surface area contributed by atoms with Crippen LogP contribution in [0.2, 0.25) is 0 Å². The second-order valence-electron chi connectivity index (χ2n) is 6.72. The standard InChI is InChI=1S/C14H24F3N3O/c1-10(2)20(9-14(15,16)17)12(21)7-19-6-11(18)13(8-19)4-3-5-13/h10-11H,3-9,18H2,1-2H3. The Labute approximate surface area is 123 Å². The van der Waals surface area contributed by atoms with Crippen LogP contribution in [0.25, 0.3) is 0 Å². The summed E-state index contributed by atoms with van der Waals surface area (Å²) in [7, 11) is 0. The zero-order chi connectivity index (χ0) is 15.8. The van der Waals surface area contributed by atoms with Gasteiger partial charge in [-0.2, -0.15) is 13.2 Å². The van der Waals surface area contributed by atoms with E-state index in [1.165, 1.54) is 0 Å². The SMILES string of the molecule is CC(C)N(CC(F)(F)F)C(=O)CN1CC(N)C2(CCC2)C1. The lowest BCUT2D eigenvalue weighted by molar-refractivity contribution is -0.165. The minimum Gasteiger partial charge on any atom is -0.330 e. The second kappa shape index (κ2) is 5.76. The first-order chi connectivity index (χ1) is 9.63. The Morgan fingerprint density at radius 3 is 2.43 bits per heavy atom. The number of carbonyl (C=O) groups excluding carboxylic acids is 1. The predicted octanol–water partition coefficient (Wildman–Crippen LogP) is 1.60. The number of rotatable bonds is 4. The van der Waals surface area contributed by atoms with E-state index in [2.05, 4.69) is 0 Å². The van der Waals surface area contributed by atoms with Gasteiger partial charge in [0.2, 0.25) is 5.91 Å². The van der Waals surface area contributed by atoms with Crippen LogP contribution in [0, 0.1) is 5.41 Å². The van der Waals surface area contributed by atoms with Crippen molar-refractivity contribution in [1.29, 1.82) is 0 Å². The lowest BCUT2D eigenvalue weighted by Crippen LogP contribution is -2.47. The lowest BCUT2D eigenvalue weighted by atomic mass is 9.66. The highest BCUT2D eigenvalue weighted by atomic mass is 19.4. The first kappa shape index (κ1) is 16.5. The van der Waals surface area contributed by atoms with Crippen LogP contribution in [0.5, 0.6) is 0 Å². The van der Waals surface area contributed by atoms with Crippen LogP contribution in [0.15, 0.2) is 0 Å². The lowest BCUT2D eigenvalue weighted by Gasteiger charge is -2.41. The van der Waals surface area contributed by atoms with Gasteiger partial charge in [0.25, 0.3) is 0 Å². The number of hydrogen-bond acceptors (Lipinski definition) is 3. The van der Waals surface area contributed by atoms with E-state index in [1.807, 2.05) is 4.90 Å². The summed E-state index contributed by atoms with van der Waals surface area (Å²) in [5.41, 5.74) is 6.24. The summed E-state index contributed by atoms with van der Waals surface area (Å²) in [5.74, 6) is -0.467. The fourth-order valence-corrected chi connectivity index (χ4v) is 3.41. The molecule has 7 heteroatoms. The molecule has 1 aliphatic heterocycles. The van der Waals surface area contributed by atoms with E-state index in [4.69, 9.17) is 5.73 Å². The molecule has 2 aliphatic rings. The molecule has 1 saturated carbocycles. The van der Waals surface area contributed by atoms with Crippen molar-refractivity contribution < 1.29 is 18.0 Å². The topological polar surface area (TPSA) is 49.6 Å². The third-order valence-electron chi connectivity index (χ3n) is 4.78. The molecule has 122 valence electrons. The molecule has 0 aromatic heterocycles. The van der Waals surface area contributed by atoms with Crippen LogP contribution < -0.4 is 5.73 Å². The zero-order valence-corrected chi connectivity index (χ0v) is 12.6. The van der Waals surface area contributed by atoms with Crippen LogP contribution in [0.4, 0.5) is 13.2 Å². The number of nitrogens with zero attached hydrogens (tertiary/aromatic N) is 2. The molecule has 0 bridgehead atoms. The van der Waals surface area contributed by atoms with Gasteiger partial charge in [-0.3, -0.25) is 9.69 Å². The molecule has 1 aliphatic carbocycles. The predicted molar refractivity (Wildman–Crippen MR) is 73.6 cm³/mol. The van der Waals surface area contributed by atoms with Gasteiger partial charge in [0, 0.05) is 25.2 Å². The van der Waals surface area contributed by atoms with E-state index in [-0.39, 0.29) is 18.0 Å². The normalized spacial score (nSPS) is 25.4. The molecule has 0 radical (unpaired) electrons. The maximum atomic E-state index is 12.6. The largest absolute Gasteiger partial charge is 0.406 e. The Morgan fingerprint density at radius 1 is 1.43 bits per heavy atom. The molecule has 1 atom stereocenters. The van der Waals surface area contributed by atoms with Crippen molar-refractivity contribution in [3.05, 3.63) is 0 Å². The van der Waals surface area contributed by atoms with Crippen molar-refractivity contribution in [2.45, 2.75) is 51.4 Å². The van der Waals surface area contributed by atoms with E-state index in [1.54, 1.807) is 13.8 Å². The Morgan fingerprint density at radius 2 is 2.05 bits per heavy atom. The fraction of sp³-hybridized carbons (Fsp3) is 0.929. The summed E-state index contributed by atoms with van der Waals surface area (Å²) in [5, 5.41) is 0. The monoisotopic (exact) mass is 307 g/mol. The van der Waals surface area contributed by atoms with E-state index in [0.717, 1.165) is 30.7 Å². The van der Waals surface area contributed by atoms with Gasteiger partial charge in [-0.15, -0.1) is 0 Å². The van der Waals surface area contributed by atoms with Crippen LogP contribution in [0.3, 0.4) is 0 Å². The van der Waals surface area contributed by atoms with Crippen molar-refractivity contribution >= 4 is 5.91 Å². The number of nitrogens with two attached hydrogens (primary N) is 1. The van der Waals surface area contributed by atoms with Gasteiger partial charge in [0.15, 0.2) is 0 Å². The molecule has 0 aromatic rings. The van der Waals surface area contributed by atoms with E-state index in [0.29, 0.717) is 6.54 Å².